The van der Waals surface area contributed by atoms with Crippen LogP contribution in [0.4, 0.5) is 65.9 Å². The fourth-order valence-electron chi connectivity index (χ4n) is 1.29. The van der Waals surface area contributed by atoms with E-state index in [0.717, 1.165) is 0 Å². The molecule has 2 nitrogen and oxygen atoms in total. The molecule has 156 valence electrons. The first-order valence-corrected chi connectivity index (χ1v) is 5.44. The van der Waals surface area contributed by atoms with Crippen LogP contribution in [0.2, 0.25) is 0 Å². The zero-order chi connectivity index (χ0) is 21.8. The number of rotatable bonds is 7. The molecule has 0 rings (SSSR count). The highest BCUT2D eigenvalue weighted by Gasteiger charge is 2.93. The summed E-state index contributed by atoms with van der Waals surface area (Å²) in [6.45, 7) is -3.76. The predicted octanol–water partition coefficient (Wildman–Crippen LogP) is 4.49. The van der Waals surface area contributed by atoms with Gasteiger partial charge in [-0.2, -0.15) is 57.1 Å². The lowest BCUT2D eigenvalue weighted by Gasteiger charge is -2.41. The number of aliphatic carboxylic acids is 1. The number of carboxylic acids is 1. The number of carbonyl (C=O) groups is 1. The molecular weight excluding hydrogens is 425 g/mol. The fourth-order valence-corrected chi connectivity index (χ4v) is 1.29. The number of hydrogen-bond acceptors (Lipinski definition) is 1. The van der Waals surface area contributed by atoms with E-state index in [1.54, 1.807) is 0 Å². The van der Waals surface area contributed by atoms with E-state index >= 15 is 0 Å². The minimum Gasteiger partial charge on any atom is -0.479 e. The minimum atomic E-state index is -8.40. The van der Waals surface area contributed by atoms with Gasteiger partial charge in [0.05, 0.1) is 0 Å². The first-order valence-electron chi connectivity index (χ1n) is 5.44. The van der Waals surface area contributed by atoms with Crippen LogP contribution in [0.5, 0.6) is 0 Å². The minimum absolute atomic E-state index is 3.76. The number of carboxylic acid groups (broad SMARTS) is 1. The quantitative estimate of drug-likeness (QED) is 0.608. The van der Waals surface area contributed by atoms with Crippen molar-refractivity contribution in [2.75, 3.05) is 6.67 Å². The maximum atomic E-state index is 13.2. The predicted molar refractivity (Wildman–Crippen MR) is 48.2 cm³/mol. The Bertz CT molecular complexity index is 550. The molecule has 17 heteroatoms. The highest BCUT2D eigenvalue weighted by atomic mass is 19.4. The summed E-state index contributed by atoms with van der Waals surface area (Å²) in [4.78, 5) is 10.1. The molecule has 0 heterocycles. The Morgan fingerprint density at radius 1 is 0.577 bits per heavy atom. The van der Waals surface area contributed by atoms with Crippen LogP contribution in [0.3, 0.4) is 0 Å². The normalized spacial score (nSPS) is 17.8. The van der Waals surface area contributed by atoms with E-state index in [4.69, 9.17) is 5.11 Å². The van der Waals surface area contributed by atoms with Crippen LogP contribution in [-0.2, 0) is 4.79 Å². The third kappa shape index (κ3) is 2.73. The molecule has 0 aliphatic rings. The van der Waals surface area contributed by atoms with E-state index in [1.165, 1.54) is 0 Å². The molecule has 0 aliphatic carbocycles. The number of halogens is 15. The van der Waals surface area contributed by atoms with E-state index in [9.17, 15) is 70.7 Å². The third-order valence-corrected chi connectivity index (χ3v) is 2.95. The second-order valence-corrected chi connectivity index (χ2v) is 4.61. The van der Waals surface area contributed by atoms with Crippen LogP contribution < -0.4 is 0 Å². The molecule has 1 unspecified atom stereocenters. The summed E-state index contributed by atoms with van der Waals surface area (Å²) in [6.07, 6.45) is -7.68. The molecule has 0 aliphatic heterocycles. The second kappa shape index (κ2) is 5.97. The molecule has 0 aromatic rings. The maximum absolute atomic E-state index is 13.2. The van der Waals surface area contributed by atoms with Crippen molar-refractivity contribution >= 4 is 5.97 Å². The Labute approximate surface area is 131 Å². The molecule has 0 spiro atoms. The average Bonchev–Trinajstić information content (AvgIpc) is 2.43. The molecule has 0 fully saturated rings. The molecule has 0 saturated carbocycles. The van der Waals surface area contributed by atoms with Gasteiger partial charge in [0.1, 0.15) is 6.67 Å². The Kier molecular flexibility index (Phi) is 5.60. The molecule has 26 heavy (non-hydrogen) atoms. The van der Waals surface area contributed by atoms with Crippen LogP contribution in [0.15, 0.2) is 0 Å². The summed E-state index contributed by atoms with van der Waals surface area (Å²) in [5.41, 5.74) is -6.37. The number of alkyl halides is 15. The summed E-state index contributed by atoms with van der Waals surface area (Å²) < 4.78 is 189. The van der Waals surface area contributed by atoms with Crippen molar-refractivity contribution in [2.45, 2.75) is 41.5 Å². The maximum Gasteiger partial charge on any atom is 0.460 e. The van der Waals surface area contributed by atoms with E-state index < -0.39 is 54.1 Å². The van der Waals surface area contributed by atoms with Gasteiger partial charge in [-0.05, 0) is 0 Å². The Morgan fingerprint density at radius 3 is 1.08 bits per heavy atom. The van der Waals surface area contributed by atoms with Gasteiger partial charge >= 0.3 is 47.4 Å². The average molecular weight is 428 g/mol. The largest absolute Gasteiger partial charge is 0.479 e. The van der Waals surface area contributed by atoms with E-state index in [-0.39, 0.29) is 0 Å². The van der Waals surface area contributed by atoms with Gasteiger partial charge in [-0.1, -0.05) is 0 Å². The summed E-state index contributed by atoms with van der Waals surface area (Å²) in [7, 11) is 0. The van der Waals surface area contributed by atoms with Gasteiger partial charge in [0.15, 0.2) is 0 Å². The fraction of sp³-hybridized carbons (Fsp3) is 0.889. The number of hydrogen-bond donors (Lipinski definition) is 1. The van der Waals surface area contributed by atoms with Gasteiger partial charge in [-0.15, -0.1) is 0 Å². The Morgan fingerprint density at radius 2 is 0.846 bits per heavy atom. The van der Waals surface area contributed by atoms with Crippen LogP contribution in [0.1, 0.15) is 0 Å². The Hall–Kier alpha value is -1.58. The third-order valence-electron chi connectivity index (χ3n) is 2.95. The van der Waals surface area contributed by atoms with E-state index in [2.05, 4.69) is 0 Å². The van der Waals surface area contributed by atoms with Crippen LogP contribution in [-0.4, -0.2) is 59.2 Å². The van der Waals surface area contributed by atoms with Crippen molar-refractivity contribution < 1.29 is 75.8 Å². The molecule has 1 N–H and O–H groups in total. The van der Waals surface area contributed by atoms with Gasteiger partial charge in [0.2, 0.25) is 0 Å². The lowest BCUT2D eigenvalue weighted by molar-refractivity contribution is -0.446. The Balaban J connectivity index is 6.65. The first kappa shape index (κ1) is 24.4. The lowest BCUT2D eigenvalue weighted by Crippen LogP contribution is -2.74. The first-order chi connectivity index (χ1) is 11.0. The van der Waals surface area contributed by atoms with Crippen molar-refractivity contribution in [1.29, 1.82) is 0 Å². The summed E-state index contributed by atoms with van der Waals surface area (Å²) >= 11 is 0. The van der Waals surface area contributed by atoms with Crippen LogP contribution >= 0.6 is 0 Å². The van der Waals surface area contributed by atoms with Crippen molar-refractivity contribution in [3.8, 4) is 0 Å². The summed E-state index contributed by atoms with van der Waals surface area (Å²) in [5, 5.41) is 7.90. The van der Waals surface area contributed by atoms with E-state index in [0.29, 0.717) is 0 Å². The van der Waals surface area contributed by atoms with Crippen LogP contribution in [0.25, 0.3) is 0 Å². The second-order valence-electron chi connectivity index (χ2n) is 4.61. The van der Waals surface area contributed by atoms with Gasteiger partial charge in [-0.25, -0.2) is 13.6 Å². The van der Waals surface area contributed by atoms with Crippen molar-refractivity contribution in [2.24, 2.45) is 0 Å². The van der Waals surface area contributed by atoms with Gasteiger partial charge in [0, 0.05) is 0 Å². The standard InChI is InChI=1S/C9H3F15O2/c10-1-3(11,2(25)26)4(12,13)5(14,15)6(16,17)7(18,19)8(20,21)9(22,23)24/h1H2,(H,25,26). The van der Waals surface area contributed by atoms with Crippen LogP contribution in [0, 0.1) is 0 Å². The highest BCUT2D eigenvalue weighted by Crippen LogP contribution is 2.62. The topological polar surface area (TPSA) is 37.3 Å². The molecule has 0 bridgehead atoms. The van der Waals surface area contributed by atoms with Crippen molar-refractivity contribution in [3.05, 3.63) is 0 Å². The SMILES string of the molecule is O=C(O)C(F)(CF)C(F)(F)C(F)(F)C(F)(F)C(F)(F)C(F)(F)C(F)(F)F. The molecule has 0 aromatic heterocycles. The smallest absolute Gasteiger partial charge is 0.460 e. The molecule has 0 radical (unpaired) electrons. The van der Waals surface area contributed by atoms with Gasteiger partial charge in [0.25, 0.3) is 0 Å². The zero-order valence-electron chi connectivity index (χ0n) is 11.2. The summed E-state index contributed by atoms with van der Waals surface area (Å²) in [6, 6.07) is 0. The van der Waals surface area contributed by atoms with Gasteiger partial charge in [-0.3, -0.25) is 0 Å². The molecule has 0 aromatic carbocycles. The summed E-state index contributed by atoms with van der Waals surface area (Å²) in [5.74, 6) is -44.7. The van der Waals surface area contributed by atoms with Crippen molar-refractivity contribution in [1.82, 2.24) is 0 Å². The molecule has 0 saturated heterocycles. The van der Waals surface area contributed by atoms with E-state index in [1.807, 2.05) is 0 Å². The molecule has 0 amide bonds. The lowest BCUT2D eigenvalue weighted by atomic mass is 9.86. The van der Waals surface area contributed by atoms with Crippen molar-refractivity contribution in [3.63, 3.8) is 0 Å². The van der Waals surface area contributed by atoms with Gasteiger partial charge < -0.3 is 5.11 Å². The zero-order valence-corrected chi connectivity index (χ0v) is 11.2. The highest BCUT2D eigenvalue weighted by molar-refractivity contribution is 5.79. The molecular formula is C9H3F15O2. The monoisotopic (exact) mass is 428 g/mol. The molecule has 1 atom stereocenters.